The third kappa shape index (κ3) is 9.32. The zero-order valence-corrected chi connectivity index (χ0v) is 29.6. The van der Waals surface area contributed by atoms with Gasteiger partial charge in [0.2, 0.25) is 5.91 Å². The molecule has 0 aliphatic carbocycles. The number of nitrogens with zero attached hydrogens (tertiary/aromatic N) is 1. The number of carbonyl (C=O) groups excluding carboxylic acids is 5. The minimum Gasteiger partial charge on any atom is -0.494 e. The predicted molar refractivity (Wildman–Crippen MR) is 184 cm³/mol. The van der Waals surface area contributed by atoms with E-state index < -0.39 is 66.1 Å². The van der Waals surface area contributed by atoms with Gasteiger partial charge in [-0.15, -0.1) is 0 Å². The lowest BCUT2D eigenvalue weighted by molar-refractivity contribution is -0.252. The Hall–Kier alpha value is -5.30. The molecule has 0 spiro atoms. The monoisotopic (exact) mass is 719 g/mol. The third-order valence-corrected chi connectivity index (χ3v) is 8.88. The van der Waals surface area contributed by atoms with Gasteiger partial charge in [-0.1, -0.05) is 42.0 Å². The summed E-state index contributed by atoms with van der Waals surface area (Å²) in [5.41, 5.74) is 3.24. The van der Waals surface area contributed by atoms with Crippen LogP contribution in [0, 0.1) is 18.7 Å². The summed E-state index contributed by atoms with van der Waals surface area (Å²) in [5, 5.41) is 0. The van der Waals surface area contributed by atoms with E-state index in [-0.39, 0.29) is 25.0 Å². The van der Waals surface area contributed by atoms with Crippen LogP contribution in [0.3, 0.4) is 0 Å². The number of hydrogen-bond donors (Lipinski definition) is 0. The normalized spacial score (nSPS) is 23.9. The molecule has 0 N–H and O–H groups in total. The van der Waals surface area contributed by atoms with Crippen molar-refractivity contribution in [1.82, 2.24) is 0 Å². The smallest absolute Gasteiger partial charge is 0.303 e. The summed E-state index contributed by atoms with van der Waals surface area (Å²) in [6, 6.07) is 20.5. The Bertz CT molecular complexity index is 1750. The standard InChI is InChI=1S/C39H42FNO11/c1-22-6-16-31(17-7-22)47-19-18-32-35(41(39(32)46)30-14-12-29(40)13-15-30)28-10-8-27(9-11-28)20-33-36(49-24(3)43)38(51-26(5)45)37(50-25(4)44)34(52-33)21-48-23(2)42/h6-17,32-38H,18-21H2,1-5H3/t32-,33+,34-,35-,36+,37-,38-/m1/s1. The van der Waals surface area contributed by atoms with Crippen LogP contribution in [0.15, 0.2) is 72.8 Å². The fourth-order valence-corrected chi connectivity index (χ4v) is 6.60. The molecule has 3 aromatic rings. The van der Waals surface area contributed by atoms with E-state index in [0.717, 1.165) is 23.6 Å². The first-order valence-corrected chi connectivity index (χ1v) is 17.0. The van der Waals surface area contributed by atoms with Crippen LogP contribution in [-0.2, 0) is 54.1 Å². The lowest BCUT2D eigenvalue weighted by Crippen LogP contribution is -2.62. The summed E-state index contributed by atoms with van der Waals surface area (Å²) in [6.07, 6.45) is -5.07. The lowest BCUT2D eigenvalue weighted by atomic mass is 9.79. The van der Waals surface area contributed by atoms with Gasteiger partial charge in [0, 0.05) is 39.8 Å². The SMILES string of the molecule is CC(=O)OC[C@H]1O[C@@H](Cc2ccc([C@@H]3[C@@H](CCOc4ccc(C)cc4)C(=O)N3c3ccc(F)cc3)cc2)[C@H](OC(C)=O)[C@@H](OC(C)=O)[C@@H]1OC(C)=O. The highest BCUT2D eigenvalue weighted by atomic mass is 19.1. The molecule has 2 fully saturated rings. The van der Waals surface area contributed by atoms with Crippen molar-refractivity contribution in [3.05, 3.63) is 95.3 Å². The van der Waals surface area contributed by atoms with Gasteiger partial charge in [0.05, 0.1) is 18.6 Å². The highest BCUT2D eigenvalue weighted by Gasteiger charge is 2.52. The maximum atomic E-state index is 13.8. The molecule has 2 aliphatic rings. The van der Waals surface area contributed by atoms with Gasteiger partial charge in [-0.25, -0.2) is 4.39 Å². The molecule has 0 bridgehead atoms. The quantitative estimate of drug-likeness (QED) is 0.134. The maximum absolute atomic E-state index is 13.8. The van der Waals surface area contributed by atoms with Crippen molar-refractivity contribution in [1.29, 1.82) is 0 Å². The van der Waals surface area contributed by atoms with Crippen LogP contribution in [0.1, 0.15) is 56.8 Å². The van der Waals surface area contributed by atoms with E-state index in [0.29, 0.717) is 24.5 Å². The van der Waals surface area contributed by atoms with Crippen LogP contribution in [-0.4, -0.2) is 73.5 Å². The van der Waals surface area contributed by atoms with Crippen molar-refractivity contribution in [3.8, 4) is 5.75 Å². The van der Waals surface area contributed by atoms with Crippen molar-refractivity contribution < 1.29 is 56.8 Å². The van der Waals surface area contributed by atoms with Gasteiger partial charge >= 0.3 is 23.9 Å². The second kappa shape index (κ2) is 16.8. The molecular weight excluding hydrogens is 677 g/mol. The highest BCUT2D eigenvalue weighted by molar-refractivity contribution is 6.03. The van der Waals surface area contributed by atoms with E-state index in [1.54, 1.807) is 17.0 Å². The Morgan fingerprint density at radius 3 is 1.88 bits per heavy atom. The van der Waals surface area contributed by atoms with Gasteiger partial charge in [-0.2, -0.15) is 0 Å². The molecule has 0 aromatic heterocycles. The van der Waals surface area contributed by atoms with Crippen LogP contribution in [0.2, 0.25) is 0 Å². The number of esters is 4. The van der Waals surface area contributed by atoms with Gasteiger partial charge < -0.3 is 33.3 Å². The number of rotatable bonds is 13. The van der Waals surface area contributed by atoms with E-state index in [1.165, 1.54) is 32.9 Å². The molecule has 2 saturated heterocycles. The summed E-state index contributed by atoms with van der Waals surface area (Å²) in [7, 11) is 0. The van der Waals surface area contributed by atoms with E-state index >= 15 is 0 Å². The minimum absolute atomic E-state index is 0.106. The molecule has 276 valence electrons. The number of benzene rings is 3. The average molecular weight is 720 g/mol. The van der Waals surface area contributed by atoms with Gasteiger partial charge in [-0.05, 0) is 60.9 Å². The zero-order valence-electron chi connectivity index (χ0n) is 29.6. The average Bonchev–Trinajstić information content (AvgIpc) is 3.08. The summed E-state index contributed by atoms with van der Waals surface area (Å²) in [6.45, 7) is 6.71. The van der Waals surface area contributed by atoms with Crippen molar-refractivity contribution in [3.63, 3.8) is 0 Å². The predicted octanol–water partition coefficient (Wildman–Crippen LogP) is 4.98. The molecule has 52 heavy (non-hydrogen) atoms. The highest BCUT2D eigenvalue weighted by Crippen LogP contribution is 2.45. The lowest BCUT2D eigenvalue weighted by Gasteiger charge is -2.47. The Morgan fingerprint density at radius 2 is 1.31 bits per heavy atom. The first kappa shape index (κ1) is 37.9. The third-order valence-electron chi connectivity index (χ3n) is 8.88. The van der Waals surface area contributed by atoms with Gasteiger partial charge in [0.25, 0.3) is 0 Å². The molecule has 0 saturated carbocycles. The van der Waals surface area contributed by atoms with Crippen molar-refractivity contribution >= 4 is 35.5 Å². The van der Waals surface area contributed by atoms with Crippen LogP contribution in [0.5, 0.6) is 5.75 Å². The Labute approximate surface area is 301 Å². The van der Waals surface area contributed by atoms with Gasteiger partial charge in [0.1, 0.15) is 30.4 Å². The summed E-state index contributed by atoms with van der Waals surface area (Å²) >= 11 is 0. The number of anilines is 1. The summed E-state index contributed by atoms with van der Waals surface area (Å²) in [5.74, 6) is -2.93. The molecule has 5 rings (SSSR count). The Kier molecular flexibility index (Phi) is 12.3. The number of aryl methyl sites for hydroxylation is 1. The van der Waals surface area contributed by atoms with Gasteiger partial charge in [-0.3, -0.25) is 24.0 Å². The molecule has 0 unspecified atom stereocenters. The molecule has 3 aromatic carbocycles. The molecule has 13 heteroatoms. The second-order valence-corrected chi connectivity index (χ2v) is 12.9. The number of ether oxygens (including phenoxy) is 6. The first-order chi connectivity index (χ1) is 24.8. The molecular formula is C39H42FNO11. The van der Waals surface area contributed by atoms with Crippen molar-refractivity contribution in [2.24, 2.45) is 5.92 Å². The molecule has 0 radical (unpaired) electrons. The van der Waals surface area contributed by atoms with Gasteiger partial charge in [0.15, 0.2) is 18.3 Å². The van der Waals surface area contributed by atoms with Crippen LogP contribution < -0.4 is 9.64 Å². The fraction of sp³-hybridized carbons (Fsp3) is 0.410. The van der Waals surface area contributed by atoms with E-state index in [9.17, 15) is 28.4 Å². The molecule has 2 heterocycles. The van der Waals surface area contributed by atoms with Crippen LogP contribution in [0.4, 0.5) is 10.1 Å². The molecule has 1 amide bonds. The van der Waals surface area contributed by atoms with Crippen molar-refractivity contribution in [2.75, 3.05) is 18.1 Å². The number of carbonyl (C=O) groups is 5. The topological polar surface area (TPSA) is 144 Å². The van der Waals surface area contributed by atoms with Crippen LogP contribution >= 0.6 is 0 Å². The molecule has 2 aliphatic heterocycles. The Balaban J connectivity index is 1.39. The molecule has 7 atom stereocenters. The molecule has 12 nitrogen and oxygen atoms in total. The number of amides is 1. The first-order valence-electron chi connectivity index (χ1n) is 17.0. The fourth-order valence-electron chi connectivity index (χ4n) is 6.60. The maximum Gasteiger partial charge on any atom is 0.303 e. The van der Waals surface area contributed by atoms with Crippen molar-refractivity contribution in [2.45, 2.75) is 84.0 Å². The number of β-lactam (4-membered cyclic amide) rings is 1. The minimum atomic E-state index is -1.27. The summed E-state index contributed by atoms with van der Waals surface area (Å²) < 4.78 is 47.8. The number of halogens is 1. The second-order valence-electron chi connectivity index (χ2n) is 12.9. The van der Waals surface area contributed by atoms with E-state index in [4.69, 9.17) is 28.4 Å². The number of hydrogen-bond acceptors (Lipinski definition) is 11. The Morgan fingerprint density at radius 1 is 0.731 bits per heavy atom. The van der Waals surface area contributed by atoms with Crippen LogP contribution in [0.25, 0.3) is 0 Å². The largest absolute Gasteiger partial charge is 0.494 e. The zero-order chi connectivity index (χ0) is 37.5. The van der Waals surface area contributed by atoms with E-state index in [1.807, 2.05) is 55.5 Å². The summed E-state index contributed by atoms with van der Waals surface area (Å²) in [4.78, 5) is 63.4. The van der Waals surface area contributed by atoms with E-state index in [2.05, 4.69) is 0 Å².